The molecule has 0 spiro atoms. The Bertz CT molecular complexity index is 91.1. The predicted molar refractivity (Wildman–Crippen MR) is 37.3 cm³/mol. The average Bonchev–Trinajstić information content (AvgIpc) is 1.65. The van der Waals surface area contributed by atoms with Crippen molar-refractivity contribution in [2.24, 2.45) is 0 Å². The van der Waals surface area contributed by atoms with Gasteiger partial charge < -0.3 is 0 Å². The van der Waals surface area contributed by atoms with Crippen LogP contribution in [0.5, 0.6) is 0 Å². The summed E-state index contributed by atoms with van der Waals surface area (Å²) in [5.41, 5.74) is 0. The van der Waals surface area contributed by atoms with E-state index in [4.69, 9.17) is 0 Å². The van der Waals surface area contributed by atoms with Crippen molar-refractivity contribution in [3.63, 3.8) is 0 Å². The first-order valence-electron chi connectivity index (χ1n) is 3.01. The van der Waals surface area contributed by atoms with Gasteiger partial charge in [-0.15, -0.1) is 0 Å². The molecule has 0 nitrogen and oxygen atoms in total. The maximum absolute atomic E-state index is 2.52. The number of hydrogen-bond acceptors (Lipinski definition) is 0. The van der Waals surface area contributed by atoms with Gasteiger partial charge in [-0.1, -0.05) is 0 Å². The van der Waals surface area contributed by atoms with Crippen LogP contribution < -0.4 is 0 Å². The van der Waals surface area contributed by atoms with E-state index >= 15 is 0 Å². The van der Waals surface area contributed by atoms with Gasteiger partial charge in [0, 0.05) is 0 Å². The molecule has 0 aromatic heterocycles. The van der Waals surface area contributed by atoms with Crippen LogP contribution >= 0.6 is 0 Å². The molecule has 0 aromatic carbocycles. The molecule has 9 heavy (non-hydrogen) atoms. The molecule has 0 aliphatic rings. The third kappa shape index (κ3) is 50.3. The van der Waals surface area contributed by atoms with Crippen molar-refractivity contribution in [1.29, 1.82) is 0 Å². The summed E-state index contributed by atoms with van der Waals surface area (Å²) < 4.78 is 2.80. The molecule has 0 rings (SSSR count). The number of rotatable bonds is 1. The average molecular weight is 200 g/mol. The van der Waals surface area contributed by atoms with E-state index in [1.807, 2.05) is 0 Å². The molecule has 0 N–H and O–H groups in total. The van der Waals surface area contributed by atoms with E-state index in [1.54, 1.807) is 0 Å². The molecule has 0 radical (unpaired) electrons. The third-order valence-corrected chi connectivity index (χ3v) is 1.01. The van der Waals surface area contributed by atoms with Gasteiger partial charge in [0.15, 0.2) is 0 Å². The van der Waals surface area contributed by atoms with Crippen LogP contribution in [0.1, 0.15) is 34.1 Å². The molecule has 0 fully saturated rings. The molecule has 0 atom stereocenters. The van der Waals surface area contributed by atoms with Gasteiger partial charge in [-0.3, -0.25) is 0 Å². The Balaban J connectivity index is 0. The van der Waals surface area contributed by atoms with E-state index < -0.39 is 0 Å². The molecule has 0 saturated heterocycles. The summed E-state index contributed by atoms with van der Waals surface area (Å²) in [6.07, 6.45) is 1.19. The molecule has 0 aliphatic heterocycles. The molecule has 0 amide bonds. The molecular weight excluding hydrogens is 186 g/mol. The van der Waals surface area contributed by atoms with E-state index in [9.17, 15) is 0 Å². The fourth-order valence-electron chi connectivity index (χ4n) is 0. The first-order valence-corrected chi connectivity index (χ1v) is 4.40. The van der Waals surface area contributed by atoms with Gasteiger partial charge in [0.2, 0.25) is 0 Å². The number of hydrogen-bond donors (Lipinski definition) is 0. The molecular formula is C7H14V2. The van der Waals surface area contributed by atoms with Gasteiger partial charge >= 0.3 is 76.5 Å². The zero-order chi connectivity index (χ0) is 7.86. The topological polar surface area (TPSA) is 0 Å². The van der Waals surface area contributed by atoms with Crippen LogP contribution in [-0.4, -0.2) is 8.45 Å². The van der Waals surface area contributed by atoms with E-state index in [0.29, 0.717) is 0 Å². The zero-order valence-electron chi connectivity index (χ0n) is 6.60. The van der Waals surface area contributed by atoms with Crippen LogP contribution in [0.3, 0.4) is 0 Å². The first kappa shape index (κ1) is 12.6. The van der Waals surface area contributed by atoms with Crippen LogP contribution in [0.25, 0.3) is 0 Å². The minimum atomic E-state index is 1.19. The summed E-state index contributed by atoms with van der Waals surface area (Å²) in [7, 11) is 0. The molecule has 0 aliphatic carbocycles. The van der Waals surface area contributed by atoms with Crippen LogP contribution in [0.2, 0.25) is 0 Å². The SMILES string of the molecule is CC[C](C)=[V].C[C](C)=[V]. The van der Waals surface area contributed by atoms with Crippen LogP contribution in [-0.2, 0) is 34.0 Å². The molecule has 0 heterocycles. The van der Waals surface area contributed by atoms with E-state index in [1.165, 1.54) is 14.9 Å². The molecule has 52 valence electrons. The van der Waals surface area contributed by atoms with Crippen molar-refractivity contribution >= 4 is 8.45 Å². The van der Waals surface area contributed by atoms with Crippen molar-refractivity contribution in [2.45, 2.75) is 34.1 Å². The Morgan fingerprint density at radius 3 is 1.22 bits per heavy atom. The Labute approximate surface area is 76.4 Å². The second kappa shape index (κ2) is 8.91. The Kier molecular flexibility index (Phi) is 12.4. The fourth-order valence-corrected chi connectivity index (χ4v) is 0. The molecule has 0 unspecified atom stereocenters. The normalized spacial score (nSPS) is 6.89. The van der Waals surface area contributed by atoms with Gasteiger partial charge in [-0.05, 0) is 0 Å². The molecule has 0 saturated carbocycles. The van der Waals surface area contributed by atoms with Gasteiger partial charge in [-0.25, -0.2) is 0 Å². The van der Waals surface area contributed by atoms with Gasteiger partial charge in [-0.2, -0.15) is 0 Å². The second-order valence-corrected chi connectivity index (χ2v) is 4.62. The summed E-state index contributed by atoms with van der Waals surface area (Å²) in [6.45, 7) is 8.37. The van der Waals surface area contributed by atoms with Crippen LogP contribution in [0.15, 0.2) is 0 Å². The summed E-state index contributed by atoms with van der Waals surface area (Å²) in [4.78, 5) is 0. The van der Waals surface area contributed by atoms with E-state index in [2.05, 4.69) is 61.7 Å². The first-order chi connectivity index (χ1) is 4.00. The fraction of sp³-hybridized carbons (Fsp3) is 0.714. The van der Waals surface area contributed by atoms with Crippen molar-refractivity contribution < 1.29 is 34.0 Å². The van der Waals surface area contributed by atoms with Crippen molar-refractivity contribution in [2.75, 3.05) is 0 Å². The summed E-state index contributed by atoms with van der Waals surface area (Å²) in [5.74, 6) is 0. The standard InChI is InChI=1S/C4H8.C3H6.2V/c1-3-4-2;1-3-2;;/h3H2,1-2H3;1-2H3;;. The minimum absolute atomic E-state index is 1.19. The van der Waals surface area contributed by atoms with Crippen molar-refractivity contribution in [1.82, 2.24) is 0 Å². The quantitative estimate of drug-likeness (QED) is 0.606. The van der Waals surface area contributed by atoms with E-state index in [-0.39, 0.29) is 0 Å². The van der Waals surface area contributed by atoms with Gasteiger partial charge in [0.05, 0.1) is 0 Å². The van der Waals surface area contributed by atoms with Crippen LogP contribution in [0.4, 0.5) is 0 Å². The second-order valence-electron chi connectivity index (χ2n) is 2.04. The third-order valence-electron chi connectivity index (χ3n) is 0.512. The molecule has 0 bridgehead atoms. The van der Waals surface area contributed by atoms with E-state index in [0.717, 1.165) is 0 Å². The monoisotopic (exact) mass is 200 g/mol. The molecule has 0 aromatic rings. The zero-order valence-corrected chi connectivity index (χ0v) is 9.39. The van der Waals surface area contributed by atoms with Crippen molar-refractivity contribution in [3.05, 3.63) is 0 Å². The Morgan fingerprint density at radius 2 is 1.22 bits per heavy atom. The van der Waals surface area contributed by atoms with Gasteiger partial charge in [0.25, 0.3) is 0 Å². The molecule has 2 heteroatoms. The Morgan fingerprint density at radius 1 is 1.11 bits per heavy atom. The summed E-state index contributed by atoms with van der Waals surface area (Å²) >= 11 is 4.97. The summed E-state index contributed by atoms with van der Waals surface area (Å²) in [5, 5.41) is 0. The van der Waals surface area contributed by atoms with Gasteiger partial charge in [0.1, 0.15) is 0 Å². The Hall–Kier alpha value is 0.909. The maximum atomic E-state index is 2.52. The van der Waals surface area contributed by atoms with Crippen LogP contribution in [0, 0.1) is 0 Å². The summed E-state index contributed by atoms with van der Waals surface area (Å²) in [6, 6.07) is 0. The predicted octanol–water partition coefficient (Wildman–Crippen LogP) is 1.88. The van der Waals surface area contributed by atoms with Crippen molar-refractivity contribution in [3.8, 4) is 0 Å².